The fraction of sp³-hybridized carbons (Fsp3) is 0.909. The molecule has 1 aliphatic rings. The summed E-state index contributed by atoms with van der Waals surface area (Å²) in [6.45, 7) is 6.74. The summed E-state index contributed by atoms with van der Waals surface area (Å²) in [5, 5.41) is 0. The van der Waals surface area contributed by atoms with Gasteiger partial charge in [0.1, 0.15) is 6.29 Å². The standard InChI is InChI=1S/C11H20O/c1-8(2)10-5-4-9(3)11(6-10)7-12/h7-11H,4-6H2,1-3H3. The summed E-state index contributed by atoms with van der Waals surface area (Å²) in [6, 6.07) is 0. The van der Waals surface area contributed by atoms with Gasteiger partial charge in [0, 0.05) is 5.92 Å². The highest BCUT2D eigenvalue weighted by molar-refractivity contribution is 5.54. The van der Waals surface area contributed by atoms with Crippen LogP contribution >= 0.6 is 0 Å². The first kappa shape index (κ1) is 9.76. The lowest BCUT2D eigenvalue weighted by molar-refractivity contribution is -0.114. The third kappa shape index (κ3) is 2.09. The highest BCUT2D eigenvalue weighted by Gasteiger charge is 2.28. The molecule has 0 aromatic rings. The molecule has 3 unspecified atom stereocenters. The van der Waals surface area contributed by atoms with Crippen molar-refractivity contribution in [2.45, 2.75) is 40.0 Å². The van der Waals surface area contributed by atoms with E-state index < -0.39 is 0 Å². The van der Waals surface area contributed by atoms with Gasteiger partial charge in [-0.25, -0.2) is 0 Å². The topological polar surface area (TPSA) is 17.1 Å². The molecule has 1 heteroatoms. The van der Waals surface area contributed by atoms with Crippen LogP contribution in [0.15, 0.2) is 0 Å². The minimum absolute atomic E-state index is 0.339. The lowest BCUT2D eigenvalue weighted by Crippen LogP contribution is -2.26. The summed E-state index contributed by atoms with van der Waals surface area (Å²) in [6.07, 6.45) is 4.86. The first-order chi connectivity index (χ1) is 5.65. The van der Waals surface area contributed by atoms with E-state index in [-0.39, 0.29) is 0 Å². The molecule has 0 N–H and O–H groups in total. The summed E-state index contributed by atoms with van der Waals surface area (Å²) in [7, 11) is 0. The van der Waals surface area contributed by atoms with Crippen molar-refractivity contribution in [3.05, 3.63) is 0 Å². The molecule has 0 spiro atoms. The summed E-state index contributed by atoms with van der Waals surface area (Å²) in [4.78, 5) is 10.7. The summed E-state index contributed by atoms with van der Waals surface area (Å²) in [5.41, 5.74) is 0. The molecule has 1 nitrogen and oxygen atoms in total. The normalized spacial score (nSPS) is 36.8. The molecular formula is C11H20O. The Bertz CT molecular complexity index is 151. The molecule has 0 aromatic carbocycles. The van der Waals surface area contributed by atoms with E-state index in [9.17, 15) is 4.79 Å². The minimum atomic E-state index is 0.339. The van der Waals surface area contributed by atoms with Crippen molar-refractivity contribution in [2.24, 2.45) is 23.7 Å². The molecule has 70 valence electrons. The van der Waals surface area contributed by atoms with E-state index in [0.717, 1.165) is 18.3 Å². The monoisotopic (exact) mass is 168 g/mol. The van der Waals surface area contributed by atoms with E-state index in [1.54, 1.807) is 0 Å². The molecule has 0 saturated heterocycles. The maximum atomic E-state index is 10.7. The number of carbonyl (C=O) groups is 1. The summed E-state index contributed by atoms with van der Waals surface area (Å²) >= 11 is 0. The Balaban J connectivity index is 2.49. The van der Waals surface area contributed by atoms with Crippen molar-refractivity contribution in [1.29, 1.82) is 0 Å². The Kier molecular flexibility index (Phi) is 3.30. The number of aldehydes is 1. The van der Waals surface area contributed by atoms with E-state index >= 15 is 0 Å². The zero-order chi connectivity index (χ0) is 9.14. The lowest BCUT2D eigenvalue weighted by atomic mass is 9.72. The third-order valence-corrected chi connectivity index (χ3v) is 3.42. The molecule has 0 radical (unpaired) electrons. The molecule has 1 aliphatic carbocycles. The number of hydrogen-bond donors (Lipinski definition) is 0. The zero-order valence-corrected chi connectivity index (χ0v) is 8.42. The third-order valence-electron chi connectivity index (χ3n) is 3.42. The molecule has 12 heavy (non-hydrogen) atoms. The van der Waals surface area contributed by atoms with E-state index in [1.165, 1.54) is 19.1 Å². The SMILES string of the molecule is CC(C)C1CCC(C)C(C=O)C1. The quantitative estimate of drug-likeness (QED) is 0.579. The van der Waals surface area contributed by atoms with Crippen LogP contribution in [0.25, 0.3) is 0 Å². The van der Waals surface area contributed by atoms with Gasteiger partial charge < -0.3 is 4.79 Å². The average molecular weight is 168 g/mol. The second kappa shape index (κ2) is 4.06. The van der Waals surface area contributed by atoms with Crippen LogP contribution in [0.2, 0.25) is 0 Å². The maximum Gasteiger partial charge on any atom is 0.123 e. The molecule has 0 aliphatic heterocycles. The summed E-state index contributed by atoms with van der Waals surface area (Å²) < 4.78 is 0. The molecule has 0 amide bonds. The second-order valence-corrected chi connectivity index (χ2v) is 4.59. The second-order valence-electron chi connectivity index (χ2n) is 4.59. The molecular weight excluding hydrogens is 148 g/mol. The van der Waals surface area contributed by atoms with Gasteiger partial charge in [-0.1, -0.05) is 20.8 Å². The van der Waals surface area contributed by atoms with Crippen LogP contribution < -0.4 is 0 Å². The van der Waals surface area contributed by atoms with Gasteiger partial charge in [0.05, 0.1) is 0 Å². The van der Waals surface area contributed by atoms with Crippen molar-refractivity contribution in [1.82, 2.24) is 0 Å². The van der Waals surface area contributed by atoms with Gasteiger partial charge in [0.25, 0.3) is 0 Å². The van der Waals surface area contributed by atoms with Crippen LogP contribution in [-0.4, -0.2) is 6.29 Å². The predicted molar refractivity (Wildman–Crippen MR) is 50.9 cm³/mol. The summed E-state index contributed by atoms with van der Waals surface area (Å²) in [5.74, 6) is 2.50. The Morgan fingerprint density at radius 1 is 1.33 bits per heavy atom. The molecule has 0 bridgehead atoms. The van der Waals surface area contributed by atoms with Crippen molar-refractivity contribution >= 4 is 6.29 Å². The van der Waals surface area contributed by atoms with Gasteiger partial charge in [0.2, 0.25) is 0 Å². The minimum Gasteiger partial charge on any atom is -0.303 e. The highest BCUT2D eigenvalue weighted by atomic mass is 16.1. The molecule has 0 heterocycles. The fourth-order valence-corrected chi connectivity index (χ4v) is 2.19. The Hall–Kier alpha value is -0.330. The fourth-order valence-electron chi connectivity index (χ4n) is 2.19. The lowest BCUT2D eigenvalue weighted by Gasteiger charge is -2.33. The van der Waals surface area contributed by atoms with E-state index in [2.05, 4.69) is 20.8 Å². The van der Waals surface area contributed by atoms with Crippen molar-refractivity contribution in [3.63, 3.8) is 0 Å². The van der Waals surface area contributed by atoms with E-state index in [0.29, 0.717) is 11.8 Å². The number of rotatable bonds is 2. The highest BCUT2D eigenvalue weighted by Crippen LogP contribution is 2.36. The van der Waals surface area contributed by atoms with Gasteiger partial charge in [0.15, 0.2) is 0 Å². The Morgan fingerprint density at radius 2 is 2.00 bits per heavy atom. The van der Waals surface area contributed by atoms with Gasteiger partial charge in [-0.15, -0.1) is 0 Å². The van der Waals surface area contributed by atoms with Crippen LogP contribution in [0.1, 0.15) is 40.0 Å². The van der Waals surface area contributed by atoms with Gasteiger partial charge >= 0.3 is 0 Å². The Morgan fingerprint density at radius 3 is 2.50 bits per heavy atom. The first-order valence-corrected chi connectivity index (χ1v) is 5.10. The Labute approximate surface area is 75.5 Å². The largest absolute Gasteiger partial charge is 0.303 e. The average Bonchev–Trinajstić information content (AvgIpc) is 2.05. The maximum absolute atomic E-state index is 10.7. The molecule has 1 fully saturated rings. The van der Waals surface area contributed by atoms with Crippen LogP contribution in [0.4, 0.5) is 0 Å². The number of hydrogen-bond acceptors (Lipinski definition) is 1. The number of carbonyl (C=O) groups excluding carboxylic acids is 1. The van der Waals surface area contributed by atoms with Gasteiger partial charge in [-0.3, -0.25) is 0 Å². The van der Waals surface area contributed by atoms with Gasteiger partial charge in [-0.05, 0) is 37.0 Å². The van der Waals surface area contributed by atoms with Gasteiger partial charge in [-0.2, -0.15) is 0 Å². The first-order valence-electron chi connectivity index (χ1n) is 5.10. The predicted octanol–water partition coefficient (Wildman–Crippen LogP) is 2.89. The van der Waals surface area contributed by atoms with E-state index in [4.69, 9.17) is 0 Å². The van der Waals surface area contributed by atoms with Crippen LogP contribution in [0.5, 0.6) is 0 Å². The molecule has 1 saturated carbocycles. The van der Waals surface area contributed by atoms with Crippen molar-refractivity contribution < 1.29 is 4.79 Å². The van der Waals surface area contributed by atoms with Crippen molar-refractivity contribution in [2.75, 3.05) is 0 Å². The zero-order valence-electron chi connectivity index (χ0n) is 8.42. The molecule has 1 rings (SSSR count). The van der Waals surface area contributed by atoms with Crippen LogP contribution in [-0.2, 0) is 4.79 Å². The van der Waals surface area contributed by atoms with Crippen LogP contribution in [0, 0.1) is 23.7 Å². The van der Waals surface area contributed by atoms with Crippen LogP contribution in [0.3, 0.4) is 0 Å². The van der Waals surface area contributed by atoms with Crippen molar-refractivity contribution in [3.8, 4) is 0 Å². The smallest absolute Gasteiger partial charge is 0.123 e. The molecule has 3 atom stereocenters. The van der Waals surface area contributed by atoms with E-state index in [1.807, 2.05) is 0 Å². The molecule has 0 aromatic heterocycles.